The number of nitrogens with one attached hydrogen (secondary N) is 1. The molecule has 0 bridgehead atoms. The molecule has 1 amide bonds. The summed E-state index contributed by atoms with van der Waals surface area (Å²) in [6, 6.07) is 17.2. The predicted molar refractivity (Wildman–Crippen MR) is 102 cm³/mol. The minimum Gasteiger partial charge on any atom is -0.507 e. The van der Waals surface area contributed by atoms with Crippen LogP contribution < -0.4 is 10.1 Å². The zero-order chi connectivity index (χ0) is 19.4. The van der Waals surface area contributed by atoms with E-state index in [-0.39, 0.29) is 11.3 Å². The van der Waals surface area contributed by atoms with Crippen LogP contribution in [-0.2, 0) is 9.53 Å². The average molecular weight is 365 g/mol. The van der Waals surface area contributed by atoms with Crippen LogP contribution in [-0.4, -0.2) is 30.2 Å². The fourth-order valence-electron chi connectivity index (χ4n) is 2.61. The highest BCUT2D eigenvalue weighted by atomic mass is 16.5. The van der Waals surface area contributed by atoms with E-state index in [4.69, 9.17) is 9.47 Å². The third-order valence-corrected chi connectivity index (χ3v) is 4.07. The SMILES string of the molecule is COc1cccc(NC(=O)[C@@H](C)OC(=O)c2cc3ccccc3cc2O)c1. The third-order valence-electron chi connectivity index (χ3n) is 4.07. The number of hydrogen-bond acceptors (Lipinski definition) is 5. The van der Waals surface area contributed by atoms with Crippen LogP contribution in [0.1, 0.15) is 17.3 Å². The Morgan fingerprint density at radius 2 is 1.70 bits per heavy atom. The van der Waals surface area contributed by atoms with Gasteiger partial charge in [0.2, 0.25) is 0 Å². The number of aromatic hydroxyl groups is 1. The standard InChI is InChI=1S/C21H19NO5/c1-13(20(24)22-16-8-5-9-17(12-16)26-2)27-21(25)18-10-14-6-3-4-7-15(14)11-19(18)23/h3-13,23H,1-2H3,(H,22,24)/t13-/m1/s1. The molecule has 3 aromatic rings. The molecule has 0 spiro atoms. The molecule has 6 heteroatoms. The molecule has 138 valence electrons. The number of carbonyl (C=O) groups is 2. The van der Waals surface area contributed by atoms with Crippen LogP contribution in [0, 0.1) is 0 Å². The van der Waals surface area contributed by atoms with Gasteiger partial charge in [-0.25, -0.2) is 4.79 Å². The number of ether oxygens (including phenoxy) is 2. The van der Waals surface area contributed by atoms with Crippen LogP contribution in [0.15, 0.2) is 60.7 Å². The monoisotopic (exact) mass is 365 g/mol. The quantitative estimate of drug-likeness (QED) is 0.673. The van der Waals surface area contributed by atoms with Crippen LogP contribution >= 0.6 is 0 Å². The Bertz CT molecular complexity index is 999. The summed E-state index contributed by atoms with van der Waals surface area (Å²) in [5.74, 6) is -0.860. The van der Waals surface area contributed by atoms with E-state index in [0.29, 0.717) is 11.4 Å². The van der Waals surface area contributed by atoms with Crippen molar-refractivity contribution in [2.24, 2.45) is 0 Å². The first kappa shape index (κ1) is 18.3. The summed E-state index contributed by atoms with van der Waals surface area (Å²) in [4.78, 5) is 24.7. The normalized spacial score (nSPS) is 11.6. The molecule has 0 aliphatic carbocycles. The number of hydrogen-bond donors (Lipinski definition) is 2. The summed E-state index contributed by atoms with van der Waals surface area (Å²) in [6.45, 7) is 1.46. The van der Waals surface area contributed by atoms with Gasteiger partial charge in [-0.1, -0.05) is 30.3 Å². The molecule has 0 unspecified atom stereocenters. The number of fused-ring (bicyclic) bond motifs is 1. The van der Waals surface area contributed by atoms with Crippen molar-refractivity contribution in [2.45, 2.75) is 13.0 Å². The van der Waals surface area contributed by atoms with Gasteiger partial charge in [0.25, 0.3) is 5.91 Å². The van der Waals surface area contributed by atoms with Gasteiger partial charge in [-0.2, -0.15) is 0 Å². The van der Waals surface area contributed by atoms with E-state index < -0.39 is 18.0 Å². The Morgan fingerprint density at radius 3 is 2.41 bits per heavy atom. The van der Waals surface area contributed by atoms with Crippen LogP contribution in [0.4, 0.5) is 5.69 Å². The van der Waals surface area contributed by atoms with Crippen LogP contribution in [0.3, 0.4) is 0 Å². The molecule has 3 aromatic carbocycles. The van der Waals surface area contributed by atoms with Gasteiger partial charge in [0.05, 0.1) is 7.11 Å². The van der Waals surface area contributed by atoms with Crippen molar-refractivity contribution in [1.29, 1.82) is 0 Å². The number of esters is 1. The van der Waals surface area contributed by atoms with Gasteiger partial charge in [0.15, 0.2) is 6.10 Å². The Balaban J connectivity index is 1.71. The summed E-state index contributed by atoms with van der Waals surface area (Å²) >= 11 is 0. The van der Waals surface area contributed by atoms with E-state index in [1.54, 1.807) is 30.3 Å². The lowest BCUT2D eigenvalue weighted by Crippen LogP contribution is -2.30. The molecule has 1 atom stereocenters. The molecule has 6 nitrogen and oxygen atoms in total. The maximum absolute atomic E-state index is 12.4. The third kappa shape index (κ3) is 4.17. The Kier molecular flexibility index (Phi) is 5.26. The molecule has 0 saturated heterocycles. The number of carbonyl (C=O) groups excluding carboxylic acids is 2. The Morgan fingerprint density at radius 1 is 1.00 bits per heavy atom. The van der Waals surface area contributed by atoms with E-state index >= 15 is 0 Å². The summed E-state index contributed by atoms with van der Waals surface area (Å²) in [6.07, 6.45) is -1.05. The molecule has 0 aromatic heterocycles. The van der Waals surface area contributed by atoms with Crippen molar-refractivity contribution < 1.29 is 24.2 Å². The first-order valence-electron chi connectivity index (χ1n) is 8.35. The van der Waals surface area contributed by atoms with Gasteiger partial charge in [-0.15, -0.1) is 0 Å². The van der Waals surface area contributed by atoms with Crippen LogP contribution in [0.5, 0.6) is 11.5 Å². The van der Waals surface area contributed by atoms with Gasteiger partial charge in [-0.05, 0) is 42.0 Å². The number of methoxy groups -OCH3 is 1. The second-order valence-electron chi connectivity index (χ2n) is 5.99. The highest BCUT2D eigenvalue weighted by molar-refractivity contribution is 6.01. The van der Waals surface area contributed by atoms with E-state index in [1.807, 2.05) is 24.3 Å². The second kappa shape index (κ2) is 7.78. The lowest BCUT2D eigenvalue weighted by atomic mass is 10.1. The maximum Gasteiger partial charge on any atom is 0.342 e. The molecule has 0 radical (unpaired) electrons. The van der Waals surface area contributed by atoms with E-state index in [9.17, 15) is 14.7 Å². The average Bonchev–Trinajstić information content (AvgIpc) is 2.67. The van der Waals surface area contributed by atoms with Crippen molar-refractivity contribution in [2.75, 3.05) is 12.4 Å². The van der Waals surface area contributed by atoms with Gasteiger partial charge in [0.1, 0.15) is 17.1 Å². The van der Waals surface area contributed by atoms with E-state index in [1.165, 1.54) is 20.1 Å². The molecule has 0 aliphatic heterocycles. The smallest absolute Gasteiger partial charge is 0.342 e. The summed E-state index contributed by atoms with van der Waals surface area (Å²) in [5, 5.41) is 14.4. The fraction of sp³-hybridized carbons (Fsp3) is 0.143. The number of benzene rings is 3. The van der Waals surface area contributed by atoms with Gasteiger partial charge in [-0.3, -0.25) is 4.79 Å². The number of anilines is 1. The first-order chi connectivity index (χ1) is 13.0. The highest BCUT2D eigenvalue weighted by Gasteiger charge is 2.21. The Hall–Kier alpha value is -3.54. The van der Waals surface area contributed by atoms with Crippen LogP contribution in [0.2, 0.25) is 0 Å². The van der Waals surface area contributed by atoms with Crippen LogP contribution in [0.25, 0.3) is 10.8 Å². The minimum atomic E-state index is -1.05. The lowest BCUT2D eigenvalue weighted by Gasteiger charge is -2.15. The van der Waals surface area contributed by atoms with Crippen molar-refractivity contribution in [3.05, 3.63) is 66.2 Å². The molecular formula is C21H19NO5. The molecule has 0 fully saturated rings. The van der Waals surface area contributed by atoms with Crippen molar-refractivity contribution >= 4 is 28.3 Å². The lowest BCUT2D eigenvalue weighted by molar-refractivity contribution is -0.123. The Labute approximate surface area is 156 Å². The van der Waals surface area contributed by atoms with Crippen molar-refractivity contribution in [3.63, 3.8) is 0 Å². The number of phenolic OH excluding ortho intramolecular Hbond substituents is 1. The first-order valence-corrected chi connectivity index (χ1v) is 8.35. The molecule has 27 heavy (non-hydrogen) atoms. The minimum absolute atomic E-state index is 0.00901. The molecule has 2 N–H and O–H groups in total. The highest BCUT2D eigenvalue weighted by Crippen LogP contribution is 2.26. The molecular weight excluding hydrogens is 346 g/mol. The molecule has 0 saturated carbocycles. The van der Waals surface area contributed by atoms with Gasteiger partial charge >= 0.3 is 5.97 Å². The molecule has 0 heterocycles. The predicted octanol–water partition coefficient (Wildman–Crippen LogP) is 3.74. The van der Waals surface area contributed by atoms with Gasteiger partial charge < -0.3 is 19.9 Å². The summed E-state index contributed by atoms with van der Waals surface area (Å²) < 4.78 is 10.3. The second-order valence-corrected chi connectivity index (χ2v) is 5.99. The molecule has 0 aliphatic rings. The maximum atomic E-state index is 12.4. The van der Waals surface area contributed by atoms with E-state index in [0.717, 1.165) is 10.8 Å². The van der Waals surface area contributed by atoms with E-state index in [2.05, 4.69) is 5.32 Å². The van der Waals surface area contributed by atoms with Gasteiger partial charge in [0, 0.05) is 11.8 Å². The summed E-state index contributed by atoms with van der Waals surface area (Å²) in [5.41, 5.74) is 0.533. The largest absolute Gasteiger partial charge is 0.507 e. The summed E-state index contributed by atoms with van der Waals surface area (Å²) in [7, 11) is 1.53. The molecule has 3 rings (SSSR count). The topological polar surface area (TPSA) is 84.9 Å². The zero-order valence-corrected chi connectivity index (χ0v) is 14.9. The zero-order valence-electron chi connectivity index (χ0n) is 14.9. The number of amides is 1. The van der Waals surface area contributed by atoms with Crippen molar-refractivity contribution in [1.82, 2.24) is 0 Å². The van der Waals surface area contributed by atoms with Crippen molar-refractivity contribution in [3.8, 4) is 11.5 Å². The fourth-order valence-corrected chi connectivity index (χ4v) is 2.61. The number of rotatable bonds is 5. The number of phenols is 1.